The van der Waals surface area contributed by atoms with Crippen LogP contribution in [-0.2, 0) is 22.4 Å². The maximum Gasteiger partial charge on any atom is 0.309 e. The highest BCUT2D eigenvalue weighted by Gasteiger charge is 2.23. The van der Waals surface area contributed by atoms with Crippen molar-refractivity contribution in [2.75, 3.05) is 0 Å². The van der Waals surface area contributed by atoms with E-state index in [4.69, 9.17) is 4.74 Å². The van der Waals surface area contributed by atoms with Crippen molar-refractivity contribution in [3.05, 3.63) is 108 Å². The molecule has 0 fully saturated rings. The van der Waals surface area contributed by atoms with E-state index >= 15 is 0 Å². The molecule has 3 heteroatoms. The molecule has 3 unspecified atom stereocenters. The third kappa shape index (κ3) is 9.15. The number of rotatable bonds is 14. The van der Waals surface area contributed by atoms with Crippen LogP contribution < -0.4 is 0 Å². The topological polar surface area (TPSA) is 46.5 Å². The van der Waals surface area contributed by atoms with Gasteiger partial charge >= 0.3 is 5.97 Å². The number of unbranched alkanes of at least 4 members (excludes halogenated alkanes) is 2. The first-order valence-corrected chi connectivity index (χ1v) is 12.6. The van der Waals surface area contributed by atoms with Gasteiger partial charge in [-0.25, -0.2) is 0 Å². The number of carbonyl (C=O) groups excluding carboxylic acids is 1. The Labute approximate surface area is 204 Å². The van der Waals surface area contributed by atoms with Crippen LogP contribution in [0.15, 0.2) is 91.0 Å². The van der Waals surface area contributed by atoms with Gasteiger partial charge < -0.3 is 9.84 Å². The fourth-order valence-corrected chi connectivity index (χ4v) is 4.22. The summed E-state index contributed by atoms with van der Waals surface area (Å²) in [5.74, 6) is -0.388. The van der Waals surface area contributed by atoms with Crippen molar-refractivity contribution >= 4 is 5.97 Å². The van der Waals surface area contributed by atoms with Crippen molar-refractivity contribution < 1.29 is 14.6 Å². The molecule has 0 bridgehead atoms. The maximum atomic E-state index is 12.9. The second-order valence-electron chi connectivity index (χ2n) is 9.24. The lowest BCUT2D eigenvalue weighted by atomic mass is 9.98. The molecular formula is C31H38O3. The standard InChI is InChI=1S/C31H38O3/c1-25(22-23-27-17-8-3-9-18-27)31(33)34-30(28-19-11-5-12-20-28)24-29(32)21-13-4-10-16-26-14-6-2-7-15-26/h2-3,5-9,11-12,14-15,17-20,25,29-30,32H,4,10,13,16,21-24H2,1H3. The molecule has 3 aromatic rings. The third-order valence-corrected chi connectivity index (χ3v) is 6.37. The van der Waals surface area contributed by atoms with Crippen LogP contribution in [-0.4, -0.2) is 17.2 Å². The van der Waals surface area contributed by atoms with E-state index in [0.717, 1.165) is 50.5 Å². The van der Waals surface area contributed by atoms with E-state index in [0.29, 0.717) is 6.42 Å². The summed E-state index contributed by atoms with van der Waals surface area (Å²) < 4.78 is 5.94. The molecule has 0 aliphatic rings. The van der Waals surface area contributed by atoms with Crippen molar-refractivity contribution in [3.63, 3.8) is 0 Å². The molecule has 1 N–H and O–H groups in total. The van der Waals surface area contributed by atoms with Crippen LogP contribution in [0.5, 0.6) is 0 Å². The minimum atomic E-state index is -0.491. The molecule has 0 spiro atoms. The molecule has 0 aliphatic heterocycles. The molecule has 3 nitrogen and oxygen atoms in total. The number of hydrogen-bond donors (Lipinski definition) is 1. The van der Waals surface area contributed by atoms with Crippen LogP contribution in [0, 0.1) is 5.92 Å². The molecule has 3 atom stereocenters. The van der Waals surface area contributed by atoms with Crippen molar-refractivity contribution in [2.24, 2.45) is 5.92 Å². The van der Waals surface area contributed by atoms with Gasteiger partial charge in [0.25, 0.3) is 0 Å². The summed E-state index contributed by atoms with van der Waals surface area (Å²) in [5.41, 5.74) is 3.53. The van der Waals surface area contributed by atoms with E-state index in [1.165, 1.54) is 11.1 Å². The van der Waals surface area contributed by atoms with E-state index in [-0.39, 0.29) is 11.9 Å². The van der Waals surface area contributed by atoms with Gasteiger partial charge in [-0.05, 0) is 48.8 Å². The summed E-state index contributed by atoms with van der Waals surface area (Å²) in [6.07, 6.45) is 6.07. The van der Waals surface area contributed by atoms with Gasteiger partial charge in [-0.15, -0.1) is 0 Å². The Morgan fingerprint density at radius 3 is 1.91 bits per heavy atom. The number of aliphatic hydroxyl groups is 1. The van der Waals surface area contributed by atoms with Crippen molar-refractivity contribution in [1.82, 2.24) is 0 Å². The molecule has 0 amide bonds. The van der Waals surface area contributed by atoms with Crippen molar-refractivity contribution in [1.29, 1.82) is 0 Å². The number of carbonyl (C=O) groups is 1. The summed E-state index contributed by atoms with van der Waals surface area (Å²) >= 11 is 0. The fraction of sp³-hybridized carbons (Fsp3) is 0.387. The Kier molecular flexibility index (Phi) is 10.9. The number of aliphatic hydroxyl groups excluding tert-OH is 1. The Hall–Kier alpha value is -2.91. The van der Waals surface area contributed by atoms with Gasteiger partial charge in [-0.2, -0.15) is 0 Å². The predicted molar refractivity (Wildman–Crippen MR) is 138 cm³/mol. The molecule has 0 saturated carbocycles. The van der Waals surface area contributed by atoms with Crippen LogP contribution >= 0.6 is 0 Å². The molecule has 0 aliphatic carbocycles. The molecule has 0 saturated heterocycles. The van der Waals surface area contributed by atoms with Crippen LogP contribution in [0.2, 0.25) is 0 Å². The highest BCUT2D eigenvalue weighted by atomic mass is 16.5. The lowest BCUT2D eigenvalue weighted by molar-refractivity contribution is -0.155. The molecular weight excluding hydrogens is 420 g/mol. The summed E-state index contributed by atoms with van der Waals surface area (Å²) in [6.45, 7) is 1.93. The first kappa shape index (κ1) is 25.7. The van der Waals surface area contributed by atoms with E-state index in [2.05, 4.69) is 36.4 Å². The van der Waals surface area contributed by atoms with Gasteiger partial charge in [0, 0.05) is 6.42 Å². The van der Waals surface area contributed by atoms with Gasteiger partial charge in [-0.1, -0.05) is 111 Å². The second kappa shape index (κ2) is 14.4. The second-order valence-corrected chi connectivity index (χ2v) is 9.24. The average molecular weight is 459 g/mol. The highest BCUT2D eigenvalue weighted by Crippen LogP contribution is 2.26. The molecule has 0 radical (unpaired) electrons. The Morgan fingerprint density at radius 1 is 0.735 bits per heavy atom. The minimum absolute atomic E-state index is 0.193. The zero-order valence-electron chi connectivity index (χ0n) is 20.3. The van der Waals surface area contributed by atoms with E-state index in [1.54, 1.807) is 0 Å². The van der Waals surface area contributed by atoms with Crippen LogP contribution in [0.3, 0.4) is 0 Å². The van der Waals surface area contributed by atoms with Gasteiger partial charge in [-0.3, -0.25) is 4.79 Å². The number of esters is 1. The normalized spacial score (nSPS) is 13.7. The largest absolute Gasteiger partial charge is 0.457 e. The average Bonchev–Trinajstić information content (AvgIpc) is 2.88. The smallest absolute Gasteiger partial charge is 0.309 e. The molecule has 0 aromatic heterocycles. The lowest BCUT2D eigenvalue weighted by Crippen LogP contribution is -2.22. The zero-order chi connectivity index (χ0) is 24.0. The Bertz CT molecular complexity index is 940. The molecule has 0 heterocycles. The van der Waals surface area contributed by atoms with Gasteiger partial charge in [0.1, 0.15) is 6.10 Å². The first-order chi connectivity index (χ1) is 16.6. The minimum Gasteiger partial charge on any atom is -0.457 e. The number of benzene rings is 3. The number of ether oxygens (including phenoxy) is 1. The molecule has 3 rings (SSSR count). The number of aryl methyl sites for hydroxylation is 2. The van der Waals surface area contributed by atoms with E-state index < -0.39 is 12.2 Å². The Morgan fingerprint density at radius 2 is 1.29 bits per heavy atom. The Balaban J connectivity index is 1.46. The quantitative estimate of drug-likeness (QED) is 0.207. The zero-order valence-corrected chi connectivity index (χ0v) is 20.3. The molecule has 180 valence electrons. The molecule has 34 heavy (non-hydrogen) atoms. The van der Waals surface area contributed by atoms with Gasteiger partial charge in [0.05, 0.1) is 12.0 Å². The van der Waals surface area contributed by atoms with Gasteiger partial charge in [0.15, 0.2) is 0 Å². The monoisotopic (exact) mass is 458 g/mol. The molecule has 3 aromatic carbocycles. The highest BCUT2D eigenvalue weighted by molar-refractivity contribution is 5.72. The van der Waals surface area contributed by atoms with Crippen molar-refractivity contribution in [3.8, 4) is 0 Å². The van der Waals surface area contributed by atoms with Crippen LogP contribution in [0.4, 0.5) is 0 Å². The summed E-state index contributed by atoms with van der Waals surface area (Å²) in [7, 11) is 0. The first-order valence-electron chi connectivity index (χ1n) is 12.6. The summed E-state index contributed by atoms with van der Waals surface area (Å²) in [5, 5.41) is 10.7. The van der Waals surface area contributed by atoms with E-state index in [1.807, 2.05) is 61.5 Å². The SMILES string of the molecule is CC(CCc1ccccc1)C(=O)OC(CC(O)CCCCCc1ccccc1)c1ccccc1. The number of hydrogen-bond acceptors (Lipinski definition) is 3. The summed E-state index contributed by atoms with van der Waals surface area (Å²) in [6, 6.07) is 30.5. The van der Waals surface area contributed by atoms with Gasteiger partial charge in [0.2, 0.25) is 0 Å². The predicted octanol–water partition coefficient (Wildman–Crippen LogP) is 7.09. The van der Waals surface area contributed by atoms with Crippen LogP contribution in [0.1, 0.15) is 68.2 Å². The maximum absolute atomic E-state index is 12.9. The van der Waals surface area contributed by atoms with Crippen LogP contribution in [0.25, 0.3) is 0 Å². The lowest BCUT2D eigenvalue weighted by Gasteiger charge is -2.23. The fourth-order valence-electron chi connectivity index (χ4n) is 4.22. The third-order valence-electron chi connectivity index (χ3n) is 6.37. The summed E-state index contributed by atoms with van der Waals surface area (Å²) in [4.78, 5) is 12.9. The van der Waals surface area contributed by atoms with Crippen molar-refractivity contribution in [2.45, 2.75) is 70.5 Å². The van der Waals surface area contributed by atoms with E-state index in [9.17, 15) is 9.90 Å².